The summed E-state index contributed by atoms with van der Waals surface area (Å²) in [6.45, 7) is 2.09. The van der Waals surface area contributed by atoms with Crippen LogP contribution in [0.2, 0.25) is 10.0 Å². The third-order valence-electron chi connectivity index (χ3n) is 3.10. The molecule has 0 radical (unpaired) electrons. The van der Waals surface area contributed by atoms with Gasteiger partial charge in [-0.2, -0.15) is 0 Å². The lowest BCUT2D eigenvalue weighted by atomic mass is 10.1. The van der Waals surface area contributed by atoms with E-state index in [2.05, 4.69) is 10.3 Å². The van der Waals surface area contributed by atoms with Crippen molar-refractivity contribution in [3.05, 3.63) is 57.5 Å². The lowest BCUT2D eigenvalue weighted by Crippen LogP contribution is -2.33. The number of nitrogens with two attached hydrogens (primary N) is 2. The van der Waals surface area contributed by atoms with Crippen molar-refractivity contribution >= 4 is 59.0 Å². The molecule has 130 valence electrons. The minimum atomic E-state index is -0.627. The van der Waals surface area contributed by atoms with Crippen molar-refractivity contribution in [3.63, 3.8) is 0 Å². The number of hydrogen-bond acceptors (Lipinski definition) is 3. The van der Waals surface area contributed by atoms with E-state index in [1.54, 1.807) is 18.2 Å². The fourth-order valence-electron chi connectivity index (χ4n) is 1.96. The summed E-state index contributed by atoms with van der Waals surface area (Å²) in [5.41, 5.74) is 11.8. The van der Waals surface area contributed by atoms with Crippen LogP contribution in [0.3, 0.4) is 0 Å². The molecular formula is C15H17Cl2IN4O2. The molecule has 2 rings (SSSR count). The van der Waals surface area contributed by atoms with Crippen LogP contribution in [0.15, 0.2) is 39.7 Å². The number of halogens is 3. The quantitative estimate of drug-likeness (QED) is 0.344. The Hall–Kier alpha value is -1.45. The summed E-state index contributed by atoms with van der Waals surface area (Å²) < 4.78 is 5.22. The first-order valence-electron chi connectivity index (χ1n) is 6.76. The second-order valence-corrected chi connectivity index (χ2v) is 5.71. The first-order valence-corrected chi connectivity index (χ1v) is 7.52. The number of guanidine groups is 1. The fraction of sp³-hybridized carbons (Fsp3) is 0.200. The summed E-state index contributed by atoms with van der Waals surface area (Å²) in [7, 11) is 0. The molecule has 1 aromatic carbocycles. The highest BCUT2D eigenvalue weighted by Crippen LogP contribution is 2.25. The molecule has 0 saturated carbocycles. The fourth-order valence-corrected chi connectivity index (χ4v) is 2.53. The van der Waals surface area contributed by atoms with Gasteiger partial charge in [-0.25, -0.2) is 4.99 Å². The van der Waals surface area contributed by atoms with Crippen LogP contribution < -0.4 is 16.8 Å². The molecule has 0 fully saturated rings. The van der Waals surface area contributed by atoms with E-state index in [-0.39, 0.29) is 48.3 Å². The van der Waals surface area contributed by atoms with E-state index < -0.39 is 5.91 Å². The number of amides is 1. The van der Waals surface area contributed by atoms with Gasteiger partial charge in [0.05, 0.1) is 6.04 Å². The summed E-state index contributed by atoms with van der Waals surface area (Å²) in [4.78, 5) is 15.1. The lowest BCUT2D eigenvalue weighted by Gasteiger charge is -2.16. The number of carbonyl (C=O) groups excluding carboxylic acids is 1. The topological polar surface area (TPSA) is 107 Å². The third-order valence-corrected chi connectivity index (χ3v) is 3.67. The van der Waals surface area contributed by atoms with E-state index in [1.807, 2.05) is 13.0 Å². The Morgan fingerprint density at radius 3 is 2.58 bits per heavy atom. The minimum absolute atomic E-state index is 0. The van der Waals surface area contributed by atoms with Gasteiger partial charge in [0, 0.05) is 10.0 Å². The van der Waals surface area contributed by atoms with Gasteiger partial charge in [-0.15, -0.1) is 24.0 Å². The van der Waals surface area contributed by atoms with Gasteiger partial charge in [0.25, 0.3) is 5.91 Å². The molecule has 2 aromatic rings. The molecule has 1 heterocycles. The maximum absolute atomic E-state index is 10.9. The molecule has 1 unspecified atom stereocenters. The number of furan rings is 1. The molecule has 0 spiro atoms. The van der Waals surface area contributed by atoms with Gasteiger partial charge in [0.1, 0.15) is 12.3 Å². The van der Waals surface area contributed by atoms with Crippen LogP contribution in [0.5, 0.6) is 0 Å². The maximum Gasteiger partial charge on any atom is 0.284 e. The van der Waals surface area contributed by atoms with Crippen molar-refractivity contribution < 1.29 is 9.21 Å². The van der Waals surface area contributed by atoms with Crippen molar-refractivity contribution in [2.24, 2.45) is 16.5 Å². The van der Waals surface area contributed by atoms with Gasteiger partial charge in [-0.1, -0.05) is 29.3 Å². The Morgan fingerprint density at radius 2 is 2.00 bits per heavy atom. The van der Waals surface area contributed by atoms with Crippen LogP contribution in [0.1, 0.15) is 34.8 Å². The molecule has 9 heteroatoms. The molecule has 5 N–H and O–H groups in total. The highest BCUT2D eigenvalue weighted by molar-refractivity contribution is 14.0. The molecule has 6 nitrogen and oxygen atoms in total. The van der Waals surface area contributed by atoms with E-state index in [9.17, 15) is 4.79 Å². The van der Waals surface area contributed by atoms with Crippen LogP contribution in [-0.2, 0) is 6.54 Å². The summed E-state index contributed by atoms with van der Waals surface area (Å²) in [5, 5.41) is 4.13. The Morgan fingerprint density at radius 1 is 1.29 bits per heavy atom. The number of nitrogens with zero attached hydrogens (tertiary/aromatic N) is 1. The average Bonchev–Trinajstić information content (AvgIpc) is 2.94. The molecule has 0 aliphatic heterocycles. The van der Waals surface area contributed by atoms with E-state index in [1.165, 1.54) is 6.07 Å². The molecule has 1 atom stereocenters. The van der Waals surface area contributed by atoms with Gasteiger partial charge in [0.15, 0.2) is 11.7 Å². The predicted octanol–water partition coefficient (Wildman–Crippen LogP) is 3.47. The Balaban J connectivity index is 0.00000288. The summed E-state index contributed by atoms with van der Waals surface area (Å²) in [6.07, 6.45) is 0. The van der Waals surface area contributed by atoms with Crippen LogP contribution in [0.25, 0.3) is 0 Å². The second kappa shape index (κ2) is 9.14. The molecule has 0 saturated heterocycles. The van der Waals surface area contributed by atoms with Gasteiger partial charge in [-0.3, -0.25) is 4.79 Å². The Labute approximate surface area is 166 Å². The van der Waals surface area contributed by atoms with Crippen molar-refractivity contribution in [3.8, 4) is 0 Å². The minimum Gasteiger partial charge on any atom is -0.454 e. The zero-order valence-corrected chi connectivity index (χ0v) is 16.6. The highest BCUT2D eigenvalue weighted by atomic mass is 127. The molecule has 0 aliphatic carbocycles. The summed E-state index contributed by atoms with van der Waals surface area (Å²) in [6, 6.07) is 8.20. The van der Waals surface area contributed by atoms with Crippen LogP contribution >= 0.6 is 47.2 Å². The number of hydrogen-bond donors (Lipinski definition) is 3. The summed E-state index contributed by atoms with van der Waals surface area (Å²) >= 11 is 12.0. The average molecular weight is 483 g/mol. The van der Waals surface area contributed by atoms with Crippen molar-refractivity contribution in [1.82, 2.24) is 5.32 Å². The highest BCUT2D eigenvalue weighted by Gasteiger charge is 2.11. The van der Waals surface area contributed by atoms with Crippen LogP contribution in [-0.4, -0.2) is 11.9 Å². The molecule has 24 heavy (non-hydrogen) atoms. The normalized spacial score (nSPS) is 12.4. The van der Waals surface area contributed by atoms with Crippen molar-refractivity contribution in [2.75, 3.05) is 0 Å². The molecular weight excluding hydrogens is 466 g/mol. The molecule has 0 aliphatic rings. The number of rotatable bonds is 5. The van der Waals surface area contributed by atoms with E-state index in [0.29, 0.717) is 15.8 Å². The van der Waals surface area contributed by atoms with E-state index in [4.69, 9.17) is 39.1 Å². The zero-order chi connectivity index (χ0) is 17.0. The first kappa shape index (κ1) is 20.6. The zero-order valence-electron chi connectivity index (χ0n) is 12.8. The lowest BCUT2D eigenvalue weighted by molar-refractivity contribution is 0.0972. The first-order chi connectivity index (χ1) is 10.9. The monoisotopic (exact) mass is 482 g/mol. The molecule has 1 amide bonds. The predicted molar refractivity (Wildman–Crippen MR) is 106 cm³/mol. The molecule has 0 bridgehead atoms. The van der Waals surface area contributed by atoms with Gasteiger partial charge >= 0.3 is 0 Å². The second-order valence-electron chi connectivity index (χ2n) is 4.86. The number of nitrogens with one attached hydrogen (secondary N) is 1. The number of benzene rings is 1. The van der Waals surface area contributed by atoms with Crippen molar-refractivity contribution in [1.29, 1.82) is 0 Å². The van der Waals surface area contributed by atoms with Gasteiger partial charge < -0.3 is 21.2 Å². The van der Waals surface area contributed by atoms with Crippen molar-refractivity contribution in [2.45, 2.75) is 19.5 Å². The standard InChI is InChI=1S/C15H16Cl2N4O2.HI/c1-8(11-4-2-9(16)6-12(11)17)21-15(19)20-7-10-3-5-13(23-10)14(18)22;/h2-6,8H,7H2,1H3,(H2,18,22)(H3,19,20,21);1H. The number of aliphatic imine (C=N–C) groups is 1. The third kappa shape index (κ3) is 5.57. The Kier molecular flexibility index (Phi) is 7.85. The molecule has 1 aromatic heterocycles. The Bertz CT molecular complexity index is 749. The largest absolute Gasteiger partial charge is 0.454 e. The SMILES string of the molecule is CC(NC(N)=NCc1ccc(C(N)=O)o1)c1ccc(Cl)cc1Cl.I. The summed E-state index contributed by atoms with van der Waals surface area (Å²) in [5.74, 6) is 0.168. The number of carbonyl (C=O) groups is 1. The van der Waals surface area contributed by atoms with E-state index in [0.717, 1.165) is 5.56 Å². The smallest absolute Gasteiger partial charge is 0.284 e. The number of primary amides is 1. The van der Waals surface area contributed by atoms with Crippen LogP contribution in [0, 0.1) is 0 Å². The van der Waals surface area contributed by atoms with Gasteiger partial charge in [-0.05, 0) is 36.8 Å². The van der Waals surface area contributed by atoms with E-state index >= 15 is 0 Å². The van der Waals surface area contributed by atoms with Gasteiger partial charge in [0.2, 0.25) is 0 Å². The van der Waals surface area contributed by atoms with Crippen LogP contribution in [0.4, 0.5) is 0 Å². The maximum atomic E-state index is 10.9.